The summed E-state index contributed by atoms with van der Waals surface area (Å²) in [5.74, 6) is -0.585. The summed E-state index contributed by atoms with van der Waals surface area (Å²) < 4.78 is 54.6. The highest BCUT2D eigenvalue weighted by Crippen LogP contribution is 2.21. The molecule has 0 saturated heterocycles. The van der Waals surface area contributed by atoms with E-state index in [1.807, 2.05) is 0 Å². The van der Waals surface area contributed by atoms with Crippen LogP contribution in [-0.4, -0.2) is 26.9 Å². The molecule has 0 aromatic carbocycles. The molecule has 0 amide bonds. The number of hydrogen-bond donors (Lipinski definition) is 0. The van der Waals surface area contributed by atoms with Gasteiger partial charge in [-0.3, -0.25) is 0 Å². The molecule has 0 bridgehead atoms. The van der Waals surface area contributed by atoms with Gasteiger partial charge < -0.3 is 9.29 Å². The highest BCUT2D eigenvalue weighted by molar-refractivity contribution is 7.91. The van der Waals surface area contributed by atoms with E-state index in [4.69, 9.17) is 0 Å². The molecular weight excluding hydrogens is 281 g/mol. The van der Waals surface area contributed by atoms with Crippen molar-refractivity contribution in [2.75, 3.05) is 0 Å². The molecular formula is C11H13F3N2O2S. The van der Waals surface area contributed by atoms with Gasteiger partial charge in [0, 0.05) is 17.8 Å². The van der Waals surface area contributed by atoms with Crippen LogP contribution < -0.4 is 4.74 Å². The lowest BCUT2D eigenvalue weighted by Crippen LogP contribution is -2.25. The summed E-state index contributed by atoms with van der Waals surface area (Å²) in [5, 5.41) is 0. The summed E-state index contributed by atoms with van der Waals surface area (Å²) in [4.78, 5) is 3.42. The molecule has 8 heteroatoms. The van der Waals surface area contributed by atoms with Crippen LogP contribution in [0.5, 0.6) is 5.88 Å². The third-order valence-corrected chi connectivity index (χ3v) is 3.15. The molecule has 106 valence electrons. The number of nitrogens with zero attached hydrogens (tertiary/aromatic N) is 2. The van der Waals surface area contributed by atoms with E-state index in [1.54, 1.807) is 20.8 Å². The molecule has 0 aliphatic heterocycles. The van der Waals surface area contributed by atoms with E-state index in [1.165, 1.54) is 12.3 Å². The fourth-order valence-electron chi connectivity index (χ4n) is 0.946. The van der Waals surface area contributed by atoms with Crippen LogP contribution in [0.25, 0.3) is 0 Å². The van der Waals surface area contributed by atoms with Crippen molar-refractivity contribution in [1.82, 2.24) is 4.98 Å². The molecule has 1 unspecified atom stereocenters. The molecule has 0 N–H and O–H groups in total. The molecule has 1 aromatic heterocycles. The zero-order valence-electron chi connectivity index (χ0n) is 10.6. The second-order valence-corrected chi connectivity index (χ2v) is 6.51. The number of rotatable bonds is 3. The Labute approximate surface area is 112 Å². The zero-order chi connectivity index (χ0) is 14.7. The predicted molar refractivity (Wildman–Crippen MR) is 66.4 cm³/mol. The number of hydrogen-bond acceptors (Lipinski definition) is 4. The Morgan fingerprint density at radius 1 is 1.37 bits per heavy atom. The van der Waals surface area contributed by atoms with Gasteiger partial charge in [0.15, 0.2) is 0 Å². The van der Waals surface area contributed by atoms with Gasteiger partial charge in [-0.15, -0.1) is 13.2 Å². The summed E-state index contributed by atoms with van der Waals surface area (Å²) in [7, 11) is 0. The van der Waals surface area contributed by atoms with Crippen molar-refractivity contribution in [2.24, 2.45) is 4.40 Å². The summed E-state index contributed by atoms with van der Waals surface area (Å²) in [6.07, 6.45) is -2.41. The summed E-state index contributed by atoms with van der Waals surface area (Å²) in [6, 6.07) is 2.50. The Kier molecular flexibility index (Phi) is 4.81. The first kappa shape index (κ1) is 15.8. The van der Waals surface area contributed by atoms with E-state index in [2.05, 4.69) is 14.1 Å². The molecule has 1 aromatic rings. The molecule has 0 aliphatic carbocycles. The van der Waals surface area contributed by atoms with Gasteiger partial charge in [0.05, 0.1) is 6.21 Å². The van der Waals surface area contributed by atoms with E-state index in [0.717, 1.165) is 12.3 Å². The lowest BCUT2D eigenvalue weighted by atomic mass is 10.3. The van der Waals surface area contributed by atoms with Crippen molar-refractivity contribution in [3.63, 3.8) is 0 Å². The van der Waals surface area contributed by atoms with Gasteiger partial charge in [0.1, 0.15) is 16.1 Å². The summed E-state index contributed by atoms with van der Waals surface area (Å²) in [6.45, 7) is 5.22. The van der Waals surface area contributed by atoms with E-state index in [0.29, 0.717) is 5.56 Å². The largest absolute Gasteiger partial charge is 0.591 e. The molecule has 4 nitrogen and oxygen atoms in total. The fraction of sp³-hybridized carbons (Fsp3) is 0.455. The van der Waals surface area contributed by atoms with Gasteiger partial charge in [-0.25, -0.2) is 4.98 Å². The van der Waals surface area contributed by atoms with Crippen molar-refractivity contribution >= 4 is 17.6 Å². The topological polar surface area (TPSA) is 57.5 Å². The first-order chi connectivity index (χ1) is 8.58. The minimum absolute atomic E-state index is 0.326. The minimum Gasteiger partial charge on any atom is -0.591 e. The van der Waals surface area contributed by atoms with Gasteiger partial charge in [-0.05, 0) is 26.8 Å². The standard InChI is InChI=1S/C11H13F3N2O2S/c1-10(2,3)19(17)16-7-8-4-5-15-9(6-8)18-11(12,13)14/h4-7H,1-3H3/b16-7+. The summed E-state index contributed by atoms with van der Waals surface area (Å²) >= 11 is -1.48. The molecule has 0 saturated carbocycles. The maximum Gasteiger partial charge on any atom is 0.574 e. The van der Waals surface area contributed by atoms with E-state index < -0.39 is 28.4 Å². The molecule has 1 heterocycles. The Hall–Kier alpha value is -1.28. The van der Waals surface area contributed by atoms with Gasteiger partial charge in [0.2, 0.25) is 5.88 Å². The number of aromatic nitrogens is 1. The van der Waals surface area contributed by atoms with Crippen molar-refractivity contribution < 1.29 is 22.5 Å². The predicted octanol–water partition coefficient (Wildman–Crippen LogP) is 2.86. The van der Waals surface area contributed by atoms with Gasteiger partial charge in [-0.2, -0.15) is 0 Å². The van der Waals surface area contributed by atoms with Crippen molar-refractivity contribution in [3.05, 3.63) is 23.9 Å². The number of halogens is 3. The van der Waals surface area contributed by atoms with Crippen LogP contribution in [0.2, 0.25) is 0 Å². The van der Waals surface area contributed by atoms with Gasteiger partial charge >= 0.3 is 6.36 Å². The van der Waals surface area contributed by atoms with E-state index >= 15 is 0 Å². The van der Waals surface area contributed by atoms with Crippen LogP contribution in [0, 0.1) is 0 Å². The minimum atomic E-state index is -4.79. The lowest BCUT2D eigenvalue weighted by Gasteiger charge is -2.17. The maximum absolute atomic E-state index is 12.0. The Bertz CT molecular complexity index is 458. The smallest absolute Gasteiger partial charge is 0.574 e. The molecule has 0 spiro atoms. The number of ether oxygens (including phenoxy) is 1. The molecule has 19 heavy (non-hydrogen) atoms. The molecule has 0 radical (unpaired) electrons. The first-order valence-electron chi connectivity index (χ1n) is 5.26. The van der Waals surface area contributed by atoms with Crippen molar-refractivity contribution in [1.29, 1.82) is 0 Å². The normalized spacial score (nSPS) is 14.7. The van der Waals surface area contributed by atoms with Crippen LogP contribution in [0.4, 0.5) is 13.2 Å². The highest BCUT2D eigenvalue weighted by Gasteiger charge is 2.31. The molecule has 0 aliphatic rings. The van der Waals surface area contributed by atoms with Crippen molar-refractivity contribution in [2.45, 2.75) is 31.9 Å². The van der Waals surface area contributed by atoms with Crippen molar-refractivity contribution in [3.8, 4) is 5.88 Å². The number of pyridine rings is 1. The fourth-order valence-corrected chi connectivity index (χ4v) is 1.48. The second kappa shape index (κ2) is 5.79. The average molecular weight is 294 g/mol. The van der Waals surface area contributed by atoms with E-state index in [-0.39, 0.29) is 0 Å². The Morgan fingerprint density at radius 3 is 2.53 bits per heavy atom. The highest BCUT2D eigenvalue weighted by atomic mass is 32.2. The zero-order valence-corrected chi connectivity index (χ0v) is 11.4. The Morgan fingerprint density at radius 2 is 2.00 bits per heavy atom. The molecule has 0 fully saturated rings. The van der Waals surface area contributed by atoms with Crippen LogP contribution in [-0.2, 0) is 11.4 Å². The quantitative estimate of drug-likeness (QED) is 0.636. The van der Waals surface area contributed by atoms with Crippen LogP contribution >= 0.6 is 0 Å². The SMILES string of the molecule is CC(C)(C)[S+]([O-])/N=C/c1ccnc(OC(F)(F)F)c1. The van der Waals surface area contributed by atoms with E-state index in [9.17, 15) is 17.7 Å². The second-order valence-electron chi connectivity index (χ2n) is 4.57. The molecule has 1 atom stereocenters. The van der Waals surface area contributed by atoms with Crippen LogP contribution in [0.15, 0.2) is 22.7 Å². The summed E-state index contributed by atoms with van der Waals surface area (Å²) in [5.41, 5.74) is 0.326. The van der Waals surface area contributed by atoms with Gasteiger partial charge in [-0.1, -0.05) is 4.40 Å². The third kappa shape index (κ3) is 5.93. The first-order valence-corrected chi connectivity index (χ1v) is 6.36. The number of alkyl halides is 3. The lowest BCUT2D eigenvalue weighted by molar-refractivity contribution is -0.276. The average Bonchev–Trinajstić information content (AvgIpc) is 2.22. The van der Waals surface area contributed by atoms with Crippen LogP contribution in [0.1, 0.15) is 26.3 Å². The molecule has 1 rings (SSSR count). The monoisotopic (exact) mass is 294 g/mol. The maximum atomic E-state index is 12.0. The Balaban J connectivity index is 2.80. The third-order valence-electron chi connectivity index (χ3n) is 1.80. The van der Waals surface area contributed by atoms with Crippen LogP contribution in [0.3, 0.4) is 0 Å². The van der Waals surface area contributed by atoms with Gasteiger partial charge in [0.25, 0.3) is 0 Å².